The first-order chi connectivity index (χ1) is 3.00. The van der Waals surface area contributed by atoms with Gasteiger partial charge in [-0.15, -0.1) is 0 Å². The van der Waals surface area contributed by atoms with E-state index in [0.29, 0.717) is 0 Å². The van der Waals surface area contributed by atoms with Crippen molar-refractivity contribution in [1.29, 1.82) is 0 Å². The number of rotatable bonds is 0. The second kappa shape index (κ2) is 12.6. The molecule has 9 heavy (non-hydrogen) atoms. The summed E-state index contributed by atoms with van der Waals surface area (Å²) in [6.45, 7) is 0. The van der Waals surface area contributed by atoms with Crippen LogP contribution in [0, 0.1) is 0 Å². The standard InChI is InChI=1S/Al.Ca.Fe.H2O4S.O.5H/c;;;1-5(2,3)4;;;;;;/h;;;(H2,1,2,3,4);;;;;;/q;+2;;;;;;;2*-1. The van der Waals surface area contributed by atoms with Gasteiger partial charge in [-0.25, -0.2) is 0 Å². The van der Waals surface area contributed by atoms with Gasteiger partial charge in [0.15, 0.2) is 17.4 Å². The molecule has 0 aliphatic rings. The van der Waals surface area contributed by atoms with E-state index < -0.39 is 10.4 Å². The quantitative estimate of drug-likeness (QED) is 0.374. The summed E-state index contributed by atoms with van der Waals surface area (Å²) < 4.78 is 39.6. The fourth-order valence-corrected chi connectivity index (χ4v) is 0. The Bertz CT molecular complexity index is 118. The van der Waals surface area contributed by atoms with Crippen LogP contribution >= 0.6 is 0 Å². The summed E-state index contributed by atoms with van der Waals surface area (Å²) in [6.07, 6.45) is 0. The van der Waals surface area contributed by atoms with Gasteiger partial charge in [0.05, 0.1) is 0 Å². The van der Waals surface area contributed by atoms with Crippen LogP contribution in [0.5, 0.6) is 0 Å². The molecule has 0 heterocycles. The van der Waals surface area contributed by atoms with Gasteiger partial charge in [0, 0.05) is 0 Å². The predicted molar refractivity (Wildman–Crippen MR) is 32.8 cm³/mol. The molecule has 0 spiro atoms. The summed E-state index contributed by atoms with van der Waals surface area (Å²) in [4.78, 5) is 0. The third-order valence-electron chi connectivity index (χ3n) is 0. The van der Waals surface area contributed by atoms with Crippen molar-refractivity contribution >= 4 is 65.5 Å². The molecule has 2 N–H and O–H groups in total. The molecule has 0 aliphatic heterocycles. The Morgan fingerprint density at radius 2 is 1.22 bits per heavy atom. The van der Waals surface area contributed by atoms with Crippen molar-refractivity contribution in [2.75, 3.05) is 0 Å². The third kappa shape index (κ3) is 162. The Morgan fingerprint density at radius 1 is 1.22 bits per heavy atom. The monoisotopic (exact) mass is 242 g/mol. The van der Waals surface area contributed by atoms with Gasteiger partial charge in [-0.1, -0.05) is 0 Å². The zero-order chi connectivity index (χ0) is 6.50. The zero-order valence-corrected chi connectivity index (χ0v) is 7.72. The second-order valence-electron chi connectivity index (χ2n) is 0.448. The Labute approximate surface area is 104 Å². The van der Waals surface area contributed by atoms with Crippen molar-refractivity contribution in [3.63, 3.8) is 0 Å². The summed E-state index contributed by atoms with van der Waals surface area (Å²) >= 11 is 2.00. The van der Waals surface area contributed by atoms with E-state index in [1.165, 1.54) is 0 Å². The molecule has 56 valence electrons. The van der Waals surface area contributed by atoms with Gasteiger partial charge >= 0.3 is 67.9 Å². The fourth-order valence-electron chi connectivity index (χ4n) is 0. The van der Waals surface area contributed by atoms with Crippen molar-refractivity contribution in [1.82, 2.24) is 0 Å². The number of hydrogen-bond acceptors (Lipinski definition) is 3. The minimum absolute atomic E-state index is 0. The topological polar surface area (TPSA) is 91.7 Å². The van der Waals surface area contributed by atoms with Crippen LogP contribution in [0.3, 0.4) is 0 Å². The van der Waals surface area contributed by atoms with Gasteiger partial charge in [-0.2, -0.15) is 8.42 Å². The average molecular weight is 242 g/mol. The molecule has 0 bridgehead atoms. The molecule has 0 aromatic carbocycles. The van der Waals surface area contributed by atoms with E-state index in [2.05, 4.69) is 0 Å². The second-order valence-corrected chi connectivity index (χ2v) is 1.34. The molecule has 0 saturated carbocycles. The van der Waals surface area contributed by atoms with Crippen molar-refractivity contribution in [3.8, 4) is 0 Å². The van der Waals surface area contributed by atoms with Gasteiger partial charge in [0.1, 0.15) is 0 Å². The van der Waals surface area contributed by atoms with Gasteiger partial charge in [-0.3, -0.25) is 9.11 Å². The summed E-state index contributed by atoms with van der Waals surface area (Å²) in [5.74, 6) is 0. The van der Waals surface area contributed by atoms with E-state index >= 15 is 0 Å². The van der Waals surface area contributed by atoms with E-state index in [-0.39, 0.29) is 58.0 Å². The Balaban J connectivity index is -0.00000000972. The molecular weight excluding hydrogens is 235 g/mol. The van der Waals surface area contributed by atoms with Crippen LogP contribution < -0.4 is 0 Å². The van der Waals surface area contributed by atoms with Gasteiger partial charge in [0.25, 0.3) is 0 Å². The van der Waals surface area contributed by atoms with Crippen LogP contribution in [-0.4, -0.2) is 72.6 Å². The minimum atomic E-state index is -4.67. The summed E-state index contributed by atoms with van der Waals surface area (Å²) in [5, 5.41) is 0. The zero-order valence-electron chi connectivity index (χ0n) is 5.59. The molecular formula is H7AlCaFeO5S. The molecule has 5 nitrogen and oxygen atoms in total. The first-order valence-corrected chi connectivity index (χ1v) is 2.69. The normalized spacial score (nSPS) is 7.00. The summed E-state index contributed by atoms with van der Waals surface area (Å²) in [6, 6.07) is 0. The molecule has 0 saturated heterocycles. The van der Waals surface area contributed by atoms with Crippen LogP contribution in [0.2, 0.25) is 0 Å². The maximum absolute atomic E-state index is 8.74. The molecule has 0 rings (SSSR count). The summed E-state index contributed by atoms with van der Waals surface area (Å²) in [5.41, 5.74) is 0. The van der Waals surface area contributed by atoms with Gasteiger partial charge < -0.3 is 2.85 Å². The molecule has 0 fully saturated rings. The number of hydrogen-bond donors (Lipinski definition) is 2. The van der Waals surface area contributed by atoms with E-state index in [1.54, 1.807) is 0 Å². The molecule has 0 amide bonds. The van der Waals surface area contributed by atoms with Gasteiger partial charge in [0.2, 0.25) is 0 Å². The molecule has 0 aromatic rings. The van der Waals surface area contributed by atoms with Crippen molar-refractivity contribution < 1.29 is 40.2 Å². The Kier molecular flexibility index (Phi) is 31.5. The van der Waals surface area contributed by atoms with Crippen LogP contribution in [0.25, 0.3) is 0 Å². The van der Waals surface area contributed by atoms with E-state index in [9.17, 15) is 0 Å². The fraction of sp³-hybridized carbons (Fsp3) is 0. The molecule has 0 unspecified atom stereocenters. The van der Waals surface area contributed by atoms with Crippen LogP contribution in [0.1, 0.15) is 2.85 Å². The van der Waals surface area contributed by atoms with E-state index in [4.69, 9.17) is 21.4 Å². The first kappa shape index (κ1) is 22.4. The van der Waals surface area contributed by atoms with Crippen molar-refractivity contribution in [3.05, 3.63) is 0 Å². The molecule has 0 aromatic heterocycles. The van der Waals surface area contributed by atoms with Crippen molar-refractivity contribution in [2.45, 2.75) is 0 Å². The van der Waals surface area contributed by atoms with E-state index in [0.717, 1.165) is 0 Å². The molecule has 0 atom stereocenters. The summed E-state index contributed by atoms with van der Waals surface area (Å²) in [7, 11) is -4.67. The molecule has 9 heteroatoms. The van der Waals surface area contributed by atoms with Crippen molar-refractivity contribution in [2.24, 2.45) is 0 Å². The average Bonchev–Trinajstić information content (AvgIpc) is 1.36. The van der Waals surface area contributed by atoms with Crippen LogP contribution in [0.15, 0.2) is 0 Å². The van der Waals surface area contributed by atoms with Crippen LogP contribution in [0.4, 0.5) is 0 Å². The predicted octanol–water partition coefficient (Wildman–Crippen LogP) is -2.11. The third-order valence-corrected chi connectivity index (χ3v) is 0. The molecule has 0 radical (unpaired) electrons. The Hall–Kier alpha value is 1.98. The first-order valence-electron chi connectivity index (χ1n) is 0.843. The Morgan fingerprint density at radius 3 is 1.22 bits per heavy atom. The van der Waals surface area contributed by atoms with Crippen LogP contribution in [-0.2, 0) is 30.2 Å². The molecule has 0 aliphatic carbocycles. The van der Waals surface area contributed by atoms with Gasteiger partial charge in [-0.05, 0) is 0 Å². The van der Waals surface area contributed by atoms with E-state index in [1.807, 2.05) is 15.9 Å². The SMILES string of the molecule is O=S(=O)(O)O.[AlH3].[Ca+2].[H-].[H-].[O]=[Fe]. The maximum atomic E-state index is 8.74.